The van der Waals surface area contributed by atoms with Crippen molar-refractivity contribution in [2.45, 2.75) is 5.38 Å². The molecule has 0 unspecified atom stereocenters. The molecule has 2 rings (SSSR count). The molecule has 0 aliphatic rings. The lowest BCUT2D eigenvalue weighted by atomic mass is 10.1. The standard InChI is InChI=1S/C14H10Cl2N2O3/c15-11-7-6-10(8-12(11)18(20)21)17-14(19)13(16)9-4-2-1-3-5-9/h1-8,13H,(H,17,19)/t13-/m1/s1. The molecule has 1 N–H and O–H groups in total. The van der Waals surface area contributed by atoms with Gasteiger partial charge in [-0.05, 0) is 17.7 Å². The predicted molar refractivity (Wildman–Crippen MR) is 81.8 cm³/mol. The maximum Gasteiger partial charge on any atom is 0.289 e. The van der Waals surface area contributed by atoms with Crippen molar-refractivity contribution in [1.29, 1.82) is 0 Å². The molecule has 0 saturated carbocycles. The van der Waals surface area contributed by atoms with Crippen LogP contribution in [-0.2, 0) is 4.79 Å². The van der Waals surface area contributed by atoms with Gasteiger partial charge in [0.15, 0.2) is 0 Å². The zero-order chi connectivity index (χ0) is 15.4. The summed E-state index contributed by atoms with van der Waals surface area (Å²) in [7, 11) is 0. The summed E-state index contributed by atoms with van der Waals surface area (Å²) in [5.74, 6) is -0.473. The summed E-state index contributed by atoms with van der Waals surface area (Å²) >= 11 is 11.8. The molecule has 0 heterocycles. The van der Waals surface area contributed by atoms with Crippen LogP contribution in [0.4, 0.5) is 11.4 Å². The summed E-state index contributed by atoms with van der Waals surface area (Å²) in [5.41, 5.74) is 0.623. The third kappa shape index (κ3) is 3.71. The molecule has 5 nitrogen and oxygen atoms in total. The smallest absolute Gasteiger partial charge is 0.289 e. The highest BCUT2D eigenvalue weighted by atomic mass is 35.5. The Balaban J connectivity index is 2.16. The van der Waals surface area contributed by atoms with Gasteiger partial charge in [0.1, 0.15) is 10.4 Å². The Morgan fingerprint density at radius 2 is 1.86 bits per heavy atom. The molecule has 2 aromatic carbocycles. The maximum absolute atomic E-state index is 12.0. The number of carbonyl (C=O) groups is 1. The number of anilines is 1. The fraction of sp³-hybridized carbons (Fsp3) is 0.0714. The van der Waals surface area contributed by atoms with Crippen molar-refractivity contribution >= 4 is 40.5 Å². The van der Waals surface area contributed by atoms with Crippen LogP contribution in [-0.4, -0.2) is 10.8 Å². The lowest BCUT2D eigenvalue weighted by molar-refractivity contribution is -0.384. The average molecular weight is 325 g/mol. The van der Waals surface area contributed by atoms with Crippen LogP contribution in [0.25, 0.3) is 0 Å². The minimum atomic E-state index is -0.888. The van der Waals surface area contributed by atoms with Gasteiger partial charge in [-0.25, -0.2) is 0 Å². The Morgan fingerprint density at radius 1 is 1.19 bits per heavy atom. The summed E-state index contributed by atoms with van der Waals surface area (Å²) < 4.78 is 0. The first kappa shape index (κ1) is 15.3. The van der Waals surface area contributed by atoms with E-state index in [0.717, 1.165) is 0 Å². The normalized spacial score (nSPS) is 11.7. The predicted octanol–water partition coefficient (Wildman–Crippen LogP) is 4.17. The molecule has 7 heteroatoms. The molecule has 0 saturated heterocycles. The van der Waals surface area contributed by atoms with E-state index in [-0.39, 0.29) is 16.4 Å². The van der Waals surface area contributed by atoms with Crippen LogP contribution < -0.4 is 5.32 Å². The van der Waals surface area contributed by atoms with Gasteiger partial charge in [0, 0.05) is 11.8 Å². The first-order valence-corrected chi connectivity index (χ1v) is 6.74. The van der Waals surface area contributed by atoms with Crippen LogP contribution in [0.3, 0.4) is 0 Å². The molecule has 0 radical (unpaired) electrons. The van der Waals surface area contributed by atoms with E-state index in [2.05, 4.69) is 5.32 Å². The monoisotopic (exact) mass is 324 g/mol. The zero-order valence-corrected chi connectivity index (χ0v) is 12.1. The minimum Gasteiger partial charge on any atom is -0.324 e. The second kappa shape index (κ2) is 6.56. The van der Waals surface area contributed by atoms with Gasteiger partial charge in [-0.1, -0.05) is 41.9 Å². The lowest BCUT2D eigenvalue weighted by Crippen LogP contribution is -2.17. The third-order valence-corrected chi connectivity index (χ3v) is 3.50. The van der Waals surface area contributed by atoms with E-state index in [0.29, 0.717) is 5.56 Å². The minimum absolute atomic E-state index is 0.00322. The maximum atomic E-state index is 12.0. The number of nitro benzene ring substituents is 1. The number of carbonyl (C=O) groups excluding carboxylic acids is 1. The summed E-state index contributed by atoms with van der Waals surface area (Å²) in [6.45, 7) is 0. The topological polar surface area (TPSA) is 72.2 Å². The molecule has 0 spiro atoms. The number of nitrogens with one attached hydrogen (secondary N) is 1. The van der Waals surface area contributed by atoms with Gasteiger partial charge in [0.25, 0.3) is 5.69 Å². The molecule has 1 amide bonds. The molecule has 21 heavy (non-hydrogen) atoms. The van der Waals surface area contributed by atoms with Crippen molar-refractivity contribution in [3.05, 3.63) is 69.2 Å². The number of rotatable bonds is 4. The SMILES string of the molecule is O=C(Nc1ccc(Cl)c([N+](=O)[O-])c1)[C@H](Cl)c1ccccc1. The Morgan fingerprint density at radius 3 is 2.48 bits per heavy atom. The van der Waals surface area contributed by atoms with Crippen LogP contribution in [0.2, 0.25) is 5.02 Å². The Hall–Kier alpha value is -2.11. The van der Waals surface area contributed by atoms with Crippen LogP contribution >= 0.6 is 23.2 Å². The number of halogens is 2. The van der Waals surface area contributed by atoms with E-state index in [1.54, 1.807) is 24.3 Å². The molecular weight excluding hydrogens is 315 g/mol. The fourth-order valence-corrected chi connectivity index (χ4v) is 2.10. The van der Waals surface area contributed by atoms with E-state index in [4.69, 9.17) is 23.2 Å². The van der Waals surface area contributed by atoms with E-state index in [9.17, 15) is 14.9 Å². The molecule has 0 bridgehead atoms. The fourth-order valence-electron chi connectivity index (χ4n) is 1.71. The number of amides is 1. The third-order valence-electron chi connectivity index (χ3n) is 2.73. The Bertz CT molecular complexity index is 677. The van der Waals surface area contributed by atoms with Crippen molar-refractivity contribution in [2.75, 3.05) is 5.32 Å². The Labute approximate surface area is 130 Å². The number of alkyl halides is 1. The molecule has 0 aliphatic carbocycles. The highest BCUT2D eigenvalue weighted by molar-refractivity contribution is 6.33. The summed E-state index contributed by atoms with van der Waals surface area (Å²) in [6.07, 6.45) is 0. The quantitative estimate of drug-likeness (QED) is 0.521. The van der Waals surface area contributed by atoms with E-state index in [1.807, 2.05) is 6.07 Å². The van der Waals surface area contributed by atoms with Crippen molar-refractivity contribution in [1.82, 2.24) is 0 Å². The number of nitrogens with zero attached hydrogens (tertiary/aromatic N) is 1. The number of nitro groups is 1. The van der Waals surface area contributed by atoms with Crippen LogP contribution in [0.5, 0.6) is 0 Å². The molecular formula is C14H10Cl2N2O3. The largest absolute Gasteiger partial charge is 0.324 e. The number of hydrogen-bond donors (Lipinski definition) is 1. The average Bonchev–Trinajstić information content (AvgIpc) is 2.49. The summed E-state index contributed by atoms with van der Waals surface area (Å²) in [4.78, 5) is 22.2. The van der Waals surface area contributed by atoms with E-state index < -0.39 is 16.2 Å². The van der Waals surface area contributed by atoms with Gasteiger partial charge < -0.3 is 5.32 Å². The van der Waals surface area contributed by atoms with Gasteiger partial charge in [-0.15, -0.1) is 11.6 Å². The first-order chi connectivity index (χ1) is 9.99. The van der Waals surface area contributed by atoms with Gasteiger partial charge >= 0.3 is 0 Å². The van der Waals surface area contributed by atoms with Gasteiger partial charge in [0.05, 0.1) is 4.92 Å². The lowest BCUT2D eigenvalue weighted by Gasteiger charge is -2.11. The van der Waals surface area contributed by atoms with Crippen LogP contribution in [0, 0.1) is 10.1 Å². The van der Waals surface area contributed by atoms with E-state index in [1.165, 1.54) is 18.2 Å². The van der Waals surface area contributed by atoms with Gasteiger partial charge in [-0.2, -0.15) is 0 Å². The molecule has 1 atom stereocenters. The second-order valence-electron chi connectivity index (χ2n) is 4.19. The van der Waals surface area contributed by atoms with Crippen molar-refractivity contribution < 1.29 is 9.72 Å². The van der Waals surface area contributed by atoms with Crippen molar-refractivity contribution in [3.63, 3.8) is 0 Å². The second-order valence-corrected chi connectivity index (χ2v) is 5.03. The summed E-state index contributed by atoms with van der Waals surface area (Å²) in [6, 6.07) is 12.8. The van der Waals surface area contributed by atoms with Gasteiger partial charge in [-0.3, -0.25) is 14.9 Å². The molecule has 2 aromatic rings. The van der Waals surface area contributed by atoms with Crippen LogP contribution in [0.1, 0.15) is 10.9 Å². The molecule has 0 fully saturated rings. The Kier molecular flexibility index (Phi) is 4.77. The van der Waals surface area contributed by atoms with E-state index >= 15 is 0 Å². The van der Waals surface area contributed by atoms with Gasteiger partial charge in [0.2, 0.25) is 5.91 Å². The first-order valence-electron chi connectivity index (χ1n) is 5.93. The number of hydrogen-bond acceptors (Lipinski definition) is 3. The molecule has 108 valence electrons. The molecule has 0 aliphatic heterocycles. The summed E-state index contributed by atoms with van der Waals surface area (Å²) in [5, 5.41) is 12.4. The molecule has 0 aromatic heterocycles. The highest BCUT2D eigenvalue weighted by Crippen LogP contribution is 2.28. The zero-order valence-electron chi connectivity index (χ0n) is 10.6. The van der Waals surface area contributed by atoms with Crippen molar-refractivity contribution in [3.8, 4) is 0 Å². The van der Waals surface area contributed by atoms with Crippen LogP contribution in [0.15, 0.2) is 48.5 Å². The highest BCUT2D eigenvalue weighted by Gasteiger charge is 2.19. The van der Waals surface area contributed by atoms with Crippen molar-refractivity contribution in [2.24, 2.45) is 0 Å². The number of benzene rings is 2.